The summed E-state index contributed by atoms with van der Waals surface area (Å²) in [5, 5.41) is 6.01. The molecule has 0 spiro atoms. The summed E-state index contributed by atoms with van der Waals surface area (Å²) in [6.45, 7) is 8.60. The Morgan fingerprint density at radius 3 is 1.20 bits per heavy atom. The van der Waals surface area contributed by atoms with Gasteiger partial charge in [0.15, 0.2) is 0 Å². The first-order valence-electron chi connectivity index (χ1n) is 3.94. The van der Waals surface area contributed by atoms with Gasteiger partial charge in [0, 0.05) is 13.1 Å². The predicted octanol–water partition coefficient (Wildman–Crippen LogP) is 1.09. The van der Waals surface area contributed by atoms with Crippen molar-refractivity contribution in [1.29, 1.82) is 0 Å². The molecule has 0 atom stereocenters. The maximum absolute atomic E-state index is 3.01. The van der Waals surface area contributed by atoms with Gasteiger partial charge in [0.2, 0.25) is 0 Å². The Bertz CT molecular complexity index is 37.8. The third-order valence-electron chi connectivity index (χ3n) is 0.625. The van der Waals surface area contributed by atoms with Gasteiger partial charge in [-0.15, -0.1) is 0 Å². The van der Waals surface area contributed by atoms with Crippen LogP contribution in [0, 0.1) is 5.92 Å². The van der Waals surface area contributed by atoms with Crippen LogP contribution in [0.15, 0.2) is 0 Å². The molecule has 0 bridgehead atoms. The normalized spacial score (nSPS) is 9.00. The van der Waals surface area contributed by atoms with E-state index in [-0.39, 0.29) is 0 Å². The molecule has 0 aliphatic rings. The molecule has 0 saturated heterocycles. The minimum atomic E-state index is 0.833. The molecule has 0 aromatic carbocycles. The van der Waals surface area contributed by atoms with Crippen LogP contribution in [0.25, 0.3) is 0 Å². The van der Waals surface area contributed by atoms with Crippen molar-refractivity contribution in [1.82, 2.24) is 10.6 Å². The van der Waals surface area contributed by atoms with E-state index in [0.717, 1.165) is 19.0 Å². The average Bonchev–Trinajstić information content (AvgIpc) is 1.82. The third-order valence-corrected chi connectivity index (χ3v) is 0.625. The smallest absolute Gasteiger partial charge is 0.00736 e. The van der Waals surface area contributed by atoms with E-state index in [2.05, 4.69) is 31.4 Å². The van der Waals surface area contributed by atoms with Crippen LogP contribution in [0.5, 0.6) is 0 Å². The van der Waals surface area contributed by atoms with Gasteiger partial charge in [0.05, 0.1) is 0 Å². The summed E-state index contributed by atoms with van der Waals surface area (Å²) < 4.78 is 0. The molecule has 2 nitrogen and oxygen atoms in total. The van der Waals surface area contributed by atoms with Gasteiger partial charge < -0.3 is 10.6 Å². The van der Waals surface area contributed by atoms with Crippen molar-refractivity contribution in [2.24, 2.45) is 5.92 Å². The lowest BCUT2D eigenvalue weighted by Crippen LogP contribution is -2.21. The van der Waals surface area contributed by atoms with Crippen molar-refractivity contribution in [3.05, 3.63) is 0 Å². The van der Waals surface area contributed by atoms with Crippen molar-refractivity contribution >= 4 is 0 Å². The van der Waals surface area contributed by atoms with Crippen LogP contribution < -0.4 is 10.6 Å². The highest BCUT2D eigenvalue weighted by molar-refractivity contribution is 4.38. The molecule has 0 aliphatic carbocycles. The molecule has 0 aromatic rings. The van der Waals surface area contributed by atoms with Crippen LogP contribution in [0.1, 0.15) is 20.8 Å². The van der Waals surface area contributed by atoms with Gasteiger partial charge in [-0.1, -0.05) is 20.8 Å². The zero-order chi connectivity index (χ0) is 8.41. The number of rotatable bonds is 3. The molecule has 0 saturated carbocycles. The highest BCUT2D eigenvalue weighted by Gasteiger charge is 1.71. The zero-order valence-electron chi connectivity index (χ0n) is 7.99. The van der Waals surface area contributed by atoms with Crippen LogP contribution in [0.4, 0.5) is 0 Å². The first kappa shape index (κ1) is 12.6. The third kappa shape index (κ3) is 44.5. The zero-order valence-corrected chi connectivity index (χ0v) is 7.99. The average molecular weight is 146 g/mol. The lowest BCUT2D eigenvalue weighted by atomic mass is 10.3. The maximum Gasteiger partial charge on any atom is 0.00736 e. The molecule has 0 radical (unpaired) electrons. The van der Waals surface area contributed by atoms with Crippen LogP contribution in [0.3, 0.4) is 0 Å². The summed E-state index contributed by atoms with van der Waals surface area (Å²) in [5.41, 5.74) is 0. The molecule has 2 heteroatoms. The van der Waals surface area contributed by atoms with Crippen molar-refractivity contribution < 1.29 is 0 Å². The summed E-state index contributed by atoms with van der Waals surface area (Å²) in [6.07, 6.45) is 0. The fraction of sp³-hybridized carbons (Fsp3) is 1.00. The molecular weight excluding hydrogens is 124 g/mol. The molecule has 64 valence electrons. The van der Waals surface area contributed by atoms with Gasteiger partial charge in [0.1, 0.15) is 0 Å². The number of hydrogen-bond acceptors (Lipinski definition) is 2. The topological polar surface area (TPSA) is 24.1 Å². The molecule has 0 aromatic heterocycles. The van der Waals surface area contributed by atoms with Crippen LogP contribution in [-0.2, 0) is 0 Å². The predicted molar refractivity (Wildman–Crippen MR) is 48.4 cm³/mol. The fourth-order valence-electron chi connectivity index (χ4n) is 0.250. The van der Waals surface area contributed by atoms with E-state index in [0.29, 0.717) is 0 Å². The SMILES string of the molecule is CC(C)C.CNCCNC. The van der Waals surface area contributed by atoms with E-state index >= 15 is 0 Å². The van der Waals surface area contributed by atoms with Crippen LogP contribution in [0.2, 0.25) is 0 Å². The number of hydrogen-bond donors (Lipinski definition) is 2. The van der Waals surface area contributed by atoms with Gasteiger partial charge in [-0.25, -0.2) is 0 Å². The Balaban J connectivity index is 0. The van der Waals surface area contributed by atoms with Crippen molar-refractivity contribution in [2.75, 3.05) is 27.2 Å². The minimum Gasteiger partial charge on any atom is -0.318 e. The molecule has 0 heterocycles. The largest absolute Gasteiger partial charge is 0.318 e. The Labute approximate surface area is 65.4 Å². The standard InChI is InChI=1S/C4H12N2.C4H10/c1-5-3-4-6-2;1-4(2)3/h5-6H,3-4H2,1-2H3;4H,1-3H3. The lowest BCUT2D eigenvalue weighted by molar-refractivity contribution is 0.718. The summed E-state index contributed by atoms with van der Waals surface area (Å²) in [7, 11) is 3.88. The van der Waals surface area contributed by atoms with Gasteiger partial charge in [0.25, 0.3) is 0 Å². The van der Waals surface area contributed by atoms with E-state index in [1.165, 1.54) is 0 Å². The number of nitrogens with one attached hydrogen (secondary N) is 2. The lowest BCUT2D eigenvalue weighted by Gasteiger charge is -1.92. The monoisotopic (exact) mass is 146 g/mol. The molecule has 0 amide bonds. The first-order chi connectivity index (χ1) is 4.65. The molecule has 10 heavy (non-hydrogen) atoms. The molecule has 0 unspecified atom stereocenters. The van der Waals surface area contributed by atoms with E-state index in [1.807, 2.05) is 14.1 Å². The van der Waals surface area contributed by atoms with Crippen LogP contribution in [-0.4, -0.2) is 27.2 Å². The molecule has 0 aliphatic heterocycles. The molecule has 0 fully saturated rings. The minimum absolute atomic E-state index is 0.833. The first-order valence-corrected chi connectivity index (χ1v) is 3.94. The Hall–Kier alpha value is -0.0800. The van der Waals surface area contributed by atoms with E-state index in [4.69, 9.17) is 0 Å². The Kier molecular flexibility index (Phi) is 14.7. The van der Waals surface area contributed by atoms with Crippen LogP contribution >= 0.6 is 0 Å². The van der Waals surface area contributed by atoms with Gasteiger partial charge >= 0.3 is 0 Å². The maximum atomic E-state index is 3.01. The van der Waals surface area contributed by atoms with E-state index in [1.54, 1.807) is 0 Å². The second kappa shape index (κ2) is 11.7. The summed E-state index contributed by atoms with van der Waals surface area (Å²) >= 11 is 0. The highest BCUT2D eigenvalue weighted by atomic mass is 14.9. The summed E-state index contributed by atoms with van der Waals surface area (Å²) in [6, 6.07) is 0. The van der Waals surface area contributed by atoms with Crippen molar-refractivity contribution in [3.63, 3.8) is 0 Å². The quantitative estimate of drug-likeness (QED) is 0.582. The van der Waals surface area contributed by atoms with Crippen molar-refractivity contribution in [2.45, 2.75) is 20.8 Å². The van der Waals surface area contributed by atoms with Gasteiger partial charge in [-0.2, -0.15) is 0 Å². The highest BCUT2D eigenvalue weighted by Crippen LogP contribution is 1.81. The second-order valence-corrected chi connectivity index (χ2v) is 2.94. The molecule has 0 rings (SSSR count). The summed E-state index contributed by atoms with van der Waals surface area (Å²) in [5.74, 6) is 0.833. The van der Waals surface area contributed by atoms with E-state index in [9.17, 15) is 0 Å². The fourth-order valence-corrected chi connectivity index (χ4v) is 0.250. The Morgan fingerprint density at radius 2 is 1.10 bits per heavy atom. The number of likely N-dealkylation sites (N-methyl/N-ethyl adjacent to an activating group) is 2. The molecular formula is C8H22N2. The van der Waals surface area contributed by atoms with Gasteiger partial charge in [-0.05, 0) is 20.0 Å². The van der Waals surface area contributed by atoms with E-state index < -0.39 is 0 Å². The summed E-state index contributed by atoms with van der Waals surface area (Å²) in [4.78, 5) is 0. The van der Waals surface area contributed by atoms with Gasteiger partial charge in [-0.3, -0.25) is 0 Å². The molecule has 2 N–H and O–H groups in total. The second-order valence-electron chi connectivity index (χ2n) is 2.94. The van der Waals surface area contributed by atoms with Crippen molar-refractivity contribution in [3.8, 4) is 0 Å². The Morgan fingerprint density at radius 1 is 0.900 bits per heavy atom.